The third-order valence-corrected chi connectivity index (χ3v) is 3.95. The van der Waals surface area contributed by atoms with Gasteiger partial charge in [-0.3, -0.25) is 4.90 Å². The number of morpholine rings is 1. The van der Waals surface area contributed by atoms with Crippen LogP contribution in [0.15, 0.2) is 12.1 Å². The van der Waals surface area contributed by atoms with E-state index in [1.54, 1.807) is 0 Å². The maximum Gasteiger partial charge on any atom is 0.0594 e. The highest BCUT2D eigenvalue weighted by molar-refractivity contribution is 7.11. The van der Waals surface area contributed by atoms with Crippen LogP contribution in [-0.2, 0) is 17.8 Å². The van der Waals surface area contributed by atoms with Crippen molar-refractivity contribution in [2.45, 2.75) is 33.0 Å². The molecule has 1 aliphatic rings. The number of nitrogens with one attached hydrogen (secondary N) is 1. The van der Waals surface area contributed by atoms with Crippen LogP contribution in [0.25, 0.3) is 0 Å². The van der Waals surface area contributed by atoms with Crippen LogP contribution in [0.2, 0.25) is 0 Å². The molecule has 96 valence electrons. The molecular weight excluding hydrogens is 232 g/mol. The van der Waals surface area contributed by atoms with Gasteiger partial charge in [0.2, 0.25) is 0 Å². The van der Waals surface area contributed by atoms with Crippen LogP contribution in [0.3, 0.4) is 0 Å². The zero-order valence-corrected chi connectivity index (χ0v) is 11.6. The Labute approximate surface area is 108 Å². The molecule has 1 aliphatic heterocycles. The van der Waals surface area contributed by atoms with Gasteiger partial charge in [-0.1, -0.05) is 13.8 Å². The fourth-order valence-electron chi connectivity index (χ4n) is 1.89. The van der Waals surface area contributed by atoms with Crippen molar-refractivity contribution in [2.75, 3.05) is 26.3 Å². The first kappa shape index (κ1) is 13.0. The monoisotopic (exact) mass is 254 g/mol. The molecular formula is C13H22N2OS. The Kier molecular flexibility index (Phi) is 4.98. The zero-order chi connectivity index (χ0) is 12.1. The van der Waals surface area contributed by atoms with E-state index in [0.717, 1.165) is 39.4 Å². The zero-order valence-electron chi connectivity index (χ0n) is 10.7. The molecule has 0 bridgehead atoms. The molecule has 0 amide bonds. The number of ether oxygens (including phenoxy) is 1. The van der Waals surface area contributed by atoms with E-state index in [1.165, 1.54) is 9.75 Å². The maximum atomic E-state index is 5.36. The van der Waals surface area contributed by atoms with Gasteiger partial charge in [-0.25, -0.2) is 0 Å². The number of hydrogen-bond acceptors (Lipinski definition) is 4. The van der Waals surface area contributed by atoms with Crippen LogP contribution < -0.4 is 5.32 Å². The predicted molar refractivity (Wildman–Crippen MR) is 72.4 cm³/mol. The van der Waals surface area contributed by atoms with E-state index >= 15 is 0 Å². The van der Waals surface area contributed by atoms with Gasteiger partial charge in [0.25, 0.3) is 0 Å². The molecule has 0 radical (unpaired) electrons. The molecule has 2 heterocycles. The van der Waals surface area contributed by atoms with E-state index in [0.29, 0.717) is 6.04 Å². The molecule has 1 fully saturated rings. The summed E-state index contributed by atoms with van der Waals surface area (Å²) in [5.74, 6) is 0. The summed E-state index contributed by atoms with van der Waals surface area (Å²) in [7, 11) is 0. The molecule has 1 aromatic rings. The number of hydrogen-bond donors (Lipinski definition) is 1. The largest absolute Gasteiger partial charge is 0.379 e. The average molecular weight is 254 g/mol. The van der Waals surface area contributed by atoms with Crippen LogP contribution in [-0.4, -0.2) is 37.2 Å². The summed E-state index contributed by atoms with van der Waals surface area (Å²) in [5.41, 5.74) is 0. The molecule has 3 nitrogen and oxygen atoms in total. The van der Waals surface area contributed by atoms with Crippen LogP contribution in [0.1, 0.15) is 23.6 Å². The van der Waals surface area contributed by atoms with Crippen LogP contribution >= 0.6 is 11.3 Å². The van der Waals surface area contributed by atoms with Gasteiger partial charge in [-0.05, 0) is 12.1 Å². The van der Waals surface area contributed by atoms with Crippen LogP contribution in [0.5, 0.6) is 0 Å². The number of thiophene rings is 1. The van der Waals surface area contributed by atoms with Crippen molar-refractivity contribution in [3.05, 3.63) is 21.9 Å². The third kappa shape index (κ3) is 4.39. The Morgan fingerprint density at radius 1 is 1.29 bits per heavy atom. The SMILES string of the molecule is CC(C)NCc1ccc(CN2CCOCC2)s1. The summed E-state index contributed by atoms with van der Waals surface area (Å²) in [6, 6.07) is 5.06. The minimum Gasteiger partial charge on any atom is -0.379 e. The summed E-state index contributed by atoms with van der Waals surface area (Å²) in [6.07, 6.45) is 0. The Bertz CT molecular complexity index is 332. The Hall–Kier alpha value is -0.420. The van der Waals surface area contributed by atoms with Gasteiger partial charge >= 0.3 is 0 Å². The maximum absolute atomic E-state index is 5.36. The molecule has 1 aromatic heterocycles. The van der Waals surface area contributed by atoms with Crippen LogP contribution in [0, 0.1) is 0 Å². The Balaban J connectivity index is 1.80. The minimum atomic E-state index is 0.555. The predicted octanol–water partition coefficient (Wildman–Crippen LogP) is 2.08. The van der Waals surface area contributed by atoms with Crippen molar-refractivity contribution in [3.63, 3.8) is 0 Å². The molecule has 0 aromatic carbocycles. The van der Waals surface area contributed by atoms with Crippen molar-refractivity contribution in [1.82, 2.24) is 10.2 Å². The average Bonchev–Trinajstić information content (AvgIpc) is 2.75. The molecule has 17 heavy (non-hydrogen) atoms. The van der Waals surface area contributed by atoms with Gasteiger partial charge in [0, 0.05) is 42.0 Å². The topological polar surface area (TPSA) is 24.5 Å². The van der Waals surface area contributed by atoms with Gasteiger partial charge in [0.15, 0.2) is 0 Å². The molecule has 2 rings (SSSR count). The van der Waals surface area contributed by atoms with E-state index < -0.39 is 0 Å². The highest BCUT2D eigenvalue weighted by atomic mass is 32.1. The molecule has 0 unspecified atom stereocenters. The molecule has 0 atom stereocenters. The lowest BCUT2D eigenvalue weighted by atomic mass is 10.3. The summed E-state index contributed by atoms with van der Waals surface area (Å²) >= 11 is 1.92. The normalized spacial score (nSPS) is 17.8. The molecule has 4 heteroatoms. The van der Waals surface area contributed by atoms with E-state index in [1.807, 2.05) is 11.3 Å². The van der Waals surface area contributed by atoms with Gasteiger partial charge in [0.1, 0.15) is 0 Å². The summed E-state index contributed by atoms with van der Waals surface area (Å²) in [5, 5.41) is 3.46. The molecule has 0 spiro atoms. The number of nitrogens with zero attached hydrogens (tertiary/aromatic N) is 1. The Morgan fingerprint density at radius 3 is 2.71 bits per heavy atom. The second kappa shape index (κ2) is 6.50. The van der Waals surface area contributed by atoms with Crippen molar-refractivity contribution in [3.8, 4) is 0 Å². The van der Waals surface area contributed by atoms with Gasteiger partial charge in [0.05, 0.1) is 13.2 Å². The molecule has 1 N–H and O–H groups in total. The van der Waals surface area contributed by atoms with E-state index in [9.17, 15) is 0 Å². The van der Waals surface area contributed by atoms with Crippen molar-refractivity contribution < 1.29 is 4.74 Å². The Morgan fingerprint density at radius 2 is 2.00 bits per heavy atom. The molecule has 1 saturated heterocycles. The fraction of sp³-hybridized carbons (Fsp3) is 0.692. The second-order valence-electron chi connectivity index (χ2n) is 4.79. The second-order valence-corrected chi connectivity index (χ2v) is 6.05. The lowest BCUT2D eigenvalue weighted by Gasteiger charge is -2.25. The smallest absolute Gasteiger partial charge is 0.0594 e. The van der Waals surface area contributed by atoms with Gasteiger partial charge < -0.3 is 10.1 Å². The van der Waals surface area contributed by atoms with E-state index in [4.69, 9.17) is 4.74 Å². The summed E-state index contributed by atoms with van der Waals surface area (Å²) in [4.78, 5) is 5.36. The first-order chi connectivity index (χ1) is 8.24. The van der Waals surface area contributed by atoms with Crippen molar-refractivity contribution in [2.24, 2.45) is 0 Å². The third-order valence-electron chi connectivity index (χ3n) is 2.88. The summed E-state index contributed by atoms with van der Waals surface area (Å²) in [6.45, 7) is 10.3. The first-order valence-corrected chi connectivity index (χ1v) is 7.17. The lowest BCUT2D eigenvalue weighted by Crippen LogP contribution is -2.35. The first-order valence-electron chi connectivity index (χ1n) is 6.35. The van der Waals surface area contributed by atoms with Crippen molar-refractivity contribution in [1.29, 1.82) is 0 Å². The van der Waals surface area contributed by atoms with Gasteiger partial charge in [-0.2, -0.15) is 0 Å². The van der Waals surface area contributed by atoms with Crippen molar-refractivity contribution >= 4 is 11.3 Å². The van der Waals surface area contributed by atoms with Gasteiger partial charge in [-0.15, -0.1) is 11.3 Å². The lowest BCUT2D eigenvalue weighted by molar-refractivity contribution is 0.0346. The van der Waals surface area contributed by atoms with E-state index in [2.05, 4.69) is 36.2 Å². The summed E-state index contributed by atoms with van der Waals surface area (Å²) < 4.78 is 5.36. The highest BCUT2D eigenvalue weighted by Gasteiger charge is 2.11. The number of rotatable bonds is 5. The standard InChI is InChI=1S/C13H22N2OS/c1-11(2)14-9-12-3-4-13(17-12)10-15-5-7-16-8-6-15/h3-4,11,14H,5-10H2,1-2H3. The minimum absolute atomic E-state index is 0.555. The highest BCUT2D eigenvalue weighted by Crippen LogP contribution is 2.18. The molecule has 0 aliphatic carbocycles. The molecule has 0 saturated carbocycles. The van der Waals surface area contributed by atoms with Crippen LogP contribution in [0.4, 0.5) is 0 Å². The quantitative estimate of drug-likeness (QED) is 0.870. The fourth-order valence-corrected chi connectivity index (χ4v) is 2.90. The van der Waals surface area contributed by atoms with E-state index in [-0.39, 0.29) is 0 Å².